The molecule has 1 fully saturated rings. The molecule has 2 rings (SSSR count). The van der Waals surface area contributed by atoms with E-state index in [0.717, 1.165) is 32.7 Å². The van der Waals surface area contributed by atoms with Gasteiger partial charge in [0.25, 0.3) is 0 Å². The Morgan fingerprint density at radius 2 is 1.76 bits per heavy atom. The highest BCUT2D eigenvalue weighted by molar-refractivity contribution is 5.56. The number of aliphatic hydroxyl groups is 1. The number of aryl methyl sites for hydroxylation is 1. The highest BCUT2D eigenvalue weighted by Gasteiger charge is 2.29. The second-order valence-electron chi connectivity index (χ2n) is 7.15. The van der Waals surface area contributed by atoms with Crippen molar-refractivity contribution in [2.75, 3.05) is 37.6 Å². The smallest absolute Gasteiger partial charge is 0.0575 e. The number of hydrogen-bond acceptors (Lipinski definition) is 3. The zero-order chi connectivity index (χ0) is 15.6. The van der Waals surface area contributed by atoms with E-state index in [4.69, 9.17) is 0 Å². The molecule has 1 aliphatic heterocycles. The zero-order valence-electron chi connectivity index (χ0n) is 14.2. The fourth-order valence-corrected chi connectivity index (χ4v) is 2.93. The lowest BCUT2D eigenvalue weighted by atomic mass is 9.86. The van der Waals surface area contributed by atoms with E-state index in [2.05, 4.69) is 55.7 Å². The molecule has 0 saturated carbocycles. The van der Waals surface area contributed by atoms with E-state index in [9.17, 15) is 5.11 Å². The van der Waals surface area contributed by atoms with Gasteiger partial charge in [0.2, 0.25) is 0 Å². The minimum atomic E-state index is -0.269. The number of rotatable bonds is 4. The van der Waals surface area contributed by atoms with Crippen molar-refractivity contribution in [3.63, 3.8) is 0 Å². The van der Waals surface area contributed by atoms with Gasteiger partial charge in [0, 0.05) is 43.8 Å². The molecule has 1 aromatic rings. The molecule has 21 heavy (non-hydrogen) atoms. The van der Waals surface area contributed by atoms with Crippen molar-refractivity contribution in [3.05, 3.63) is 29.3 Å². The van der Waals surface area contributed by atoms with Crippen LogP contribution in [0.3, 0.4) is 0 Å². The molecule has 0 spiro atoms. The van der Waals surface area contributed by atoms with Crippen LogP contribution in [0.25, 0.3) is 0 Å². The fourth-order valence-electron chi connectivity index (χ4n) is 2.93. The molecule has 0 aromatic heterocycles. The van der Waals surface area contributed by atoms with E-state index in [-0.39, 0.29) is 11.5 Å². The molecule has 1 heterocycles. The lowest BCUT2D eigenvalue weighted by Gasteiger charge is -2.41. The fraction of sp³-hybridized carbons (Fsp3) is 0.667. The predicted molar refractivity (Wildman–Crippen MR) is 90.0 cm³/mol. The minimum absolute atomic E-state index is 0.0403. The molecule has 118 valence electrons. The summed E-state index contributed by atoms with van der Waals surface area (Å²) < 4.78 is 0. The monoisotopic (exact) mass is 290 g/mol. The van der Waals surface area contributed by atoms with Crippen molar-refractivity contribution in [1.29, 1.82) is 0 Å². The van der Waals surface area contributed by atoms with E-state index in [1.54, 1.807) is 0 Å². The van der Waals surface area contributed by atoms with Gasteiger partial charge in [0.15, 0.2) is 0 Å². The lowest BCUT2D eigenvalue weighted by Crippen LogP contribution is -2.50. The van der Waals surface area contributed by atoms with Crippen LogP contribution in [-0.2, 0) is 0 Å². The molecule has 0 bridgehead atoms. The van der Waals surface area contributed by atoms with Crippen LogP contribution in [0.5, 0.6) is 0 Å². The van der Waals surface area contributed by atoms with Gasteiger partial charge in [-0.25, -0.2) is 0 Å². The highest BCUT2D eigenvalue weighted by atomic mass is 16.3. The Balaban J connectivity index is 1.96. The number of nitrogens with zero attached hydrogens (tertiary/aromatic N) is 2. The summed E-state index contributed by atoms with van der Waals surface area (Å²) in [5.74, 6) is 0. The van der Waals surface area contributed by atoms with E-state index in [1.807, 2.05) is 6.92 Å². The maximum atomic E-state index is 9.87. The van der Waals surface area contributed by atoms with Crippen LogP contribution >= 0.6 is 0 Å². The molecule has 1 aromatic carbocycles. The third kappa shape index (κ3) is 3.78. The first kappa shape index (κ1) is 16.3. The van der Waals surface area contributed by atoms with Crippen molar-refractivity contribution < 1.29 is 5.11 Å². The number of piperazine rings is 1. The molecule has 3 nitrogen and oxygen atoms in total. The second kappa shape index (κ2) is 6.37. The van der Waals surface area contributed by atoms with Gasteiger partial charge in [-0.1, -0.05) is 26.0 Å². The normalized spacial score (nSPS) is 18.9. The predicted octanol–water partition coefficient (Wildman–Crippen LogP) is 2.83. The molecule has 1 unspecified atom stereocenters. The Kier molecular flexibility index (Phi) is 4.95. The number of benzene rings is 1. The maximum absolute atomic E-state index is 9.87. The molecule has 1 saturated heterocycles. The number of aliphatic hydroxyl groups excluding tert-OH is 1. The van der Waals surface area contributed by atoms with Crippen LogP contribution in [0.4, 0.5) is 5.69 Å². The molecular formula is C18H30N2O. The topological polar surface area (TPSA) is 26.7 Å². The van der Waals surface area contributed by atoms with E-state index < -0.39 is 0 Å². The van der Waals surface area contributed by atoms with Gasteiger partial charge in [-0.15, -0.1) is 0 Å². The minimum Gasteiger partial charge on any atom is -0.393 e. The van der Waals surface area contributed by atoms with Crippen LogP contribution in [-0.4, -0.2) is 48.8 Å². The first-order valence-corrected chi connectivity index (χ1v) is 8.03. The van der Waals surface area contributed by atoms with Crippen molar-refractivity contribution in [2.45, 2.75) is 40.7 Å². The highest BCUT2D eigenvalue weighted by Crippen LogP contribution is 2.26. The summed E-state index contributed by atoms with van der Waals surface area (Å²) >= 11 is 0. The summed E-state index contributed by atoms with van der Waals surface area (Å²) in [5.41, 5.74) is 4.10. The zero-order valence-corrected chi connectivity index (χ0v) is 14.2. The SMILES string of the molecule is Cc1cccc(N2CCN(CC(C)(C)C(C)O)CC2)c1C. The molecule has 0 amide bonds. The average Bonchev–Trinajstić information content (AvgIpc) is 2.42. The van der Waals surface area contributed by atoms with Crippen LogP contribution in [0.2, 0.25) is 0 Å². The summed E-state index contributed by atoms with van der Waals surface area (Å²) in [6.07, 6.45) is -0.269. The van der Waals surface area contributed by atoms with Crippen LogP contribution in [0.1, 0.15) is 31.9 Å². The van der Waals surface area contributed by atoms with Crippen molar-refractivity contribution in [2.24, 2.45) is 5.41 Å². The van der Waals surface area contributed by atoms with E-state index in [0.29, 0.717) is 0 Å². The second-order valence-corrected chi connectivity index (χ2v) is 7.15. The van der Waals surface area contributed by atoms with Crippen molar-refractivity contribution >= 4 is 5.69 Å². The first-order valence-electron chi connectivity index (χ1n) is 8.03. The average molecular weight is 290 g/mol. The third-order valence-corrected chi connectivity index (χ3v) is 5.05. The van der Waals surface area contributed by atoms with E-state index >= 15 is 0 Å². The Morgan fingerprint density at radius 3 is 2.33 bits per heavy atom. The molecule has 1 N–H and O–H groups in total. The molecule has 1 aliphatic rings. The Bertz CT molecular complexity index is 474. The molecule has 0 radical (unpaired) electrons. The largest absolute Gasteiger partial charge is 0.393 e. The lowest BCUT2D eigenvalue weighted by molar-refractivity contribution is 0.0330. The van der Waals surface area contributed by atoms with Crippen LogP contribution < -0.4 is 4.90 Å². The van der Waals surface area contributed by atoms with Gasteiger partial charge in [-0.3, -0.25) is 4.90 Å². The van der Waals surface area contributed by atoms with Gasteiger partial charge in [0.1, 0.15) is 0 Å². The van der Waals surface area contributed by atoms with Gasteiger partial charge in [-0.05, 0) is 38.0 Å². The Hall–Kier alpha value is -1.06. The van der Waals surface area contributed by atoms with Gasteiger partial charge >= 0.3 is 0 Å². The van der Waals surface area contributed by atoms with Crippen LogP contribution in [0.15, 0.2) is 18.2 Å². The van der Waals surface area contributed by atoms with Gasteiger partial charge < -0.3 is 10.0 Å². The molecule has 0 aliphatic carbocycles. The molecular weight excluding hydrogens is 260 g/mol. The first-order chi connectivity index (χ1) is 9.81. The standard InChI is InChI=1S/C18H30N2O/c1-14-7-6-8-17(15(14)2)20-11-9-19(10-12-20)13-18(4,5)16(3)21/h6-8,16,21H,9-13H2,1-5H3. The molecule has 3 heteroatoms. The maximum Gasteiger partial charge on any atom is 0.0575 e. The Labute approximate surface area is 129 Å². The molecule has 1 atom stereocenters. The summed E-state index contributed by atoms with van der Waals surface area (Å²) in [5, 5.41) is 9.87. The van der Waals surface area contributed by atoms with Crippen LogP contribution in [0, 0.1) is 19.3 Å². The van der Waals surface area contributed by atoms with Gasteiger partial charge in [0.05, 0.1) is 6.10 Å². The number of hydrogen-bond donors (Lipinski definition) is 1. The van der Waals surface area contributed by atoms with E-state index in [1.165, 1.54) is 16.8 Å². The summed E-state index contributed by atoms with van der Waals surface area (Å²) in [6, 6.07) is 6.57. The quantitative estimate of drug-likeness (QED) is 0.924. The van der Waals surface area contributed by atoms with Gasteiger partial charge in [-0.2, -0.15) is 0 Å². The Morgan fingerprint density at radius 1 is 1.14 bits per heavy atom. The summed E-state index contributed by atoms with van der Waals surface area (Å²) in [7, 11) is 0. The summed E-state index contributed by atoms with van der Waals surface area (Å²) in [4.78, 5) is 4.97. The number of anilines is 1. The third-order valence-electron chi connectivity index (χ3n) is 5.05. The van der Waals surface area contributed by atoms with Crippen molar-refractivity contribution in [1.82, 2.24) is 4.90 Å². The van der Waals surface area contributed by atoms with Crippen molar-refractivity contribution in [3.8, 4) is 0 Å². The summed E-state index contributed by atoms with van der Waals surface area (Å²) in [6.45, 7) is 15.8.